The monoisotopic (exact) mass is 728 g/mol. The fourth-order valence-corrected chi connectivity index (χ4v) is 6.99. The molecular formula is C42H48O11. The third-order valence-electron chi connectivity index (χ3n) is 9.75. The zero-order valence-corrected chi connectivity index (χ0v) is 30.0. The number of benzene rings is 4. The molecular weight excluding hydrogens is 680 g/mol. The zero-order valence-electron chi connectivity index (χ0n) is 30.0. The van der Waals surface area contributed by atoms with Crippen LogP contribution in [0.2, 0.25) is 0 Å². The highest BCUT2D eigenvalue weighted by Gasteiger charge is 2.52. The third kappa shape index (κ3) is 9.40. The van der Waals surface area contributed by atoms with Crippen LogP contribution in [0.3, 0.4) is 0 Å². The average molecular weight is 729 g/mol. The van der Waals surface area contributed by atoms with Gasteiger partial charge < -0.3 is 52.5 Å². The maximum atomic E-state index is 11.8. The Morgan fingerprint density at radius 2 is 1.04 bits per heavy atom. The van der Waals surface area contributed by atoms with Gasteiger partial charge in [0.1, 0.15) is 48.8 Å². The van der Waals surface area contributed by atoms with Crippen molar-refractivity contribution in [1.29, 1.82) is 0 Å². The SMILES string of the molecule is CO[C@H]1O[C@@H]2COC(c3ccccc3)O[C@H]2[C@@H](O)[C@@H]1OC[C@H]1O[C@H](OC)[C@H](OCc2ccccc2)[C@@H](OCc2ccccc2)[C@@H]1OCc1ccccc1. The van der Waals surface area contributed by atoms with Crippen LogP contribution >= 0.6 is 0 Å². The van der Waals surface area contributed by atoms with Crippen LogP contribution in [0.1, 0.15) is 28.5 Å². The van der Waals surface area contributed by atoms with Crippen LogP contribution < -0.4 is 0 Å². The van der Waals surface area contributed by atoms with Gasteiger partial charge in [0, 0.05) is 19.8 Å². The molecule has 0 amide bonds. The van der Waals surface area contributed by atoms with Gasteiger partial charge in [-0.05, 0) is 16.7 Å². The van der Waals surface area contributed by atoms with Gasteiger partial charge in [-0.2, -0.15) is 0 Å². The summed E-state index contributed by atoms with van der Waals surface area (Å²) in [5.41, 5.74) is 3.82. The second-order valence-electron chi connectivity index (χ2n) is 13.3. The topological polar surface area (TPSA) is 113 Å². The first kappa shape index (κ1) is 37.7. The molecule has 0 bridgehead atoms. The molecule has 282 valence electrons. The Kier molecular flexibility index (Phi) is 13.3. The Morgan fingerprint density at radius 3 is 1.58 bits per heavy atom. The van der Waals surface area contributed by atoms with E-state index in [-0.39, 0.29) is 19.8 Å². The average Bonchev–Trinajstić information content (AvgIpc) is 3.22. The van der Waals surface area contributed by atoms with E-state index in [1.807, 2.05) is 121 Å². The summed E-state index contributed by atoms with van der Waals surface area (Å²) in [5, 5.41) is 11.8. The van der Waals surface area contributed by atoms with Crippen molar-refractivity contribution in [2.45, 2.75) is 87.5 Å². The predicted octanol–water partition coefficient (Wildman–Crippen LogP) is 5.35. The molecule has 0 aromatic heterocycles. The fourth-order valence-electron chi connectivity index (χ4n) is 6.99. The van der Waals surface area contributed by atoms with Gasteiger partial charge in [-0.15, -0.1) is 0 Å². The summed E-state index contributed by atoms with van der Waals surface area (Å²) in [6, 6.07) is 39.3. The summed E-state index contributed by atoms with van der Waals surface area (Å²) in [4.78, 5) is 0. The molecule has 53 heavy (non-hydrogen) atoms. The summed E-state index contributed by atoms with van der Waals surface area (Å²) in [7, 11) is 3.09. The lowest BCUT2D eigenvalue weighted by molar-refractivity contribution is -0.369. The van der Waals surface area contributed by atoms with Gasteiger partial charge in [-0.25, -0.2) is 0 Å². The maximum absolute atomic E-state index is 11.8. The normalized spacial score (nSPS) is 31.5. The molecule has 4 aromatic carbocycles. The van der Waals surface area contributed by atoms with Crippen molar-refractivity contribution >= 4 is 0 Å². The second-order valence-corrected chi connectivity index (χ2v) is 13.3. The Balaban J connectivity index is 1.13. The van der Waals surface area contributed by atoms with E-state index in [0.29, 0.717) is 13.2 Å². The number of methoxy groups -OCH3 is 2. The molecule has 0 saturated carbocycles. The highest BCUT2D eigenvalue weighted by molar-refractivity contribution is 5.18. The van der Waals surface area contributed by atoms with Crippen LogP contribution in [-0.2, 0) is 67.2 Å². The molecule has 7 rings (SSSR count). The summed E-state index contributed by atoms with van der Waals surface area (Å²) in [6.45, 7) is 1.10. The molecule has 1 N–H and O–H groups in total. The molecule has 3 aliphatic heterocycles. The lowest BCUT2D eigenvalue weighted by Crippen LogP contribution is -2.64. The van der Waals surface area contributed by atoms with Crippen LogP contribution in [0.15, 0.2) is 121 Å². The summed E-state index contributed by atoms with van der Waals surface area (Å²) in [5.74, 6) is 0. The quantitative estimate of drug-likeness (QED) is 0.171. The van der Waals surface area contributed by atoms with Crippen molar-refractivity contribution < 1.29 is 52.5 Å². The van der Waals surface area contributed by atoms with Crippen molar-refractivity contribution in [3.63, 3.8) is 0 Å². The van der Waals surface area contributed by atoms with Gasteiger partial charge in [0.25, 0.3) is 0 Å². The largest absolute Gasteiger partial charge is 0.387 e. The highest BCUT2D eigenvalue weighted by atomic mass is 16.8. The van der Waals surface area contributed by atoms with E-state index in [1.54, 1.807) is 7.11 Å². The molecule has 0 radical (unpaired) electrons. The molecule has 11 atom stereocenters. The van der Waals surface area contributed by atoms with E-state index in [9.17, 15) is 5.11 Å². The van der Waals surface area contributed by atoms with Crippen LogP contribution in [0.25, 0.3) is 0 Å². The molecule has 3 aliphatic rings. The molecule has 4 aromatic rings. The Hall–Kier alpha value is -3.56. The van der Waals surface area contributed by atoms with Crippen LogP contribution in [0.4, 0.5) is 0 Å². The molecule has 0 spiro atoms. The van der Waals surface area contributed by atoms with Gasteiger partial charge in [0.05, 0.1) is 33.0 Å². The number of ether oxygens (including phenoxy) is 10. The van der Waals surface area contributed by atoms with E-state index in [0.717, 1.165) is 22.3 Å². The van der Waals surface area contributed by atoms with Crippen molar-refractivity contribution in [1.82, 2.24) is 0 Å². The zero-order chi connectivity index (χ0) is 36.4. The van der Waals surface area contributed by atoms with E-state index in [1.165, 1.54) is 7.11 Å². The van der Waals surface area contributed by atoms with Gasteiger partial charge in [0.15, 0.2) is 18.9 Å². The lowest BCUT2D eigenvalue weighted by Gasteiger charge is -2.48. The van der Waals surface area contributed by atoms with E-state index >= 15 is 0 Å². The maximum Gasteiger partial charge on any atom is 0.186 e. The molecule has 3 heterocycles. The molecule has 3 fully saturated rings. The van der Waals surface area contributed by atoms with Crippen molar-refractivity contribution in [3.05, 3.63) is 144 Å². The van der Waals surface area contributed by atoms with Crippen LogP contribution in [-0.4, -0.2) is 94.0 Å². The first-order chi connectivity index (χ1) is 26.1. The second kappa shape index (κ2) is 18.7. The number of aliphatic hydroxyl groups excluding tert-OH is 1. The summed E-state index contributed by atoms with van der Waals surface area (Å²) >= 11 is 0. The molecule has 0 aliphatic carbocycles. The Labute approximate surface area is 310 Å². The van der Waals surface area contributed by atoms with E-state index in [4.69, 9.17) is 47.4 Å². The lowest BCUT2D eigenvalue weighted by atomic mass is 9.96. The predicted molar refractivity (Wildman–Crippen MR) is 192 cm³/mol. The number of hydrogen-bond donors (Lipinski definition) is 1. The minimum atomic E-state index is -1.11. The van der Waals surface area contributed by atoms with Gasteiger partial charge in [-0.1, -0.05) is 121 Å². The van der Waals surface area contributed by atoms with Crippen molar-refractivity contribution in [2.24, 2.45) is 0 Å². The smallest absolute Gasteiger partial charge is 0.186 e. The highest BCUT2D eigenvalue weighted by Crippen LogP contribution is 2.36. The fraction of sp³-hybridized carbons (Fsp3) is 0.429. The van der Waals surface area contributed by atoms with E-state index < -0.39 is 67.7 Å². The number of fused-ring (bicyclic) bond motifs is 1. The number of aliphatic hydroxyl groups is 1. The van der Waals surface area contributed by atoms with Crippen molar-refractivity contribution in [2.75, 3.05) is 27.4 Å². The van der Waals surface area contributed by atoms with Gasteiger partial charge in [-0.3, -0.25) is 0 Å². The number of hydrogen-bond acceptors (Lipinski definition) is 11. The molecule has 11 nitrogen and oxygen atoms in total. The minimum Gasteiger partial charge on any atom is -0.387 e. The third-order valence-corrected chi connectivity index (χ3v) is 9.75. The summed E-state index contributed by atoms with van der Waals surface area (Å²) < 4.78 is 63.1. The summed E-state index contributed by atoms with van der Waals surface area (Å²) in [6.07, 6.45) is -8.40. The van der Waals surface area contributed by atoms with Crippen LogP contribution in [0, 0.1) is 0 Å². The first-order valence-corrected chi connectivity index (χ1v) is 18.1. The molecule has 11 heteroatoms. The number of rotatable bonds is 15. The van der Waals surface area contributed by atoms with Gasteiger partial charge >= 0.3 is 0 Å². The van der Waals surface area contributed by atoms with Crippen molar-refractivity contribution in [3.8, 4) is 0 Å². The van der Waals surface area contributed by atoms with Crippen LogP contribution in [0.5, 0.6) is 0 Å². The Bertz CT molecular complexity index is 1630. The van der Waals surface area contributed by atoms with Gasteiger partial charge in [0.2, 0.25) is 0 Å². The Morgan fingerprint density at radius 1 is 0.547 bits per heavy atom. The minimum absolute atomic E-state index is 0.0170. The first-order valence-electron chi connectivity index (χ1n) is 18.1. The standard InChI is InChI=1S/C42H48O11/c1-44-41-37(34(43)35-32(51-41)27-50-40(53-35)31-21-13-6-14-22-31)49-26-33-36(46-23-28-15-7-3-8-16-28)38(47-24-29-17-9-4-10-18-29)39(42(45-2)52-33)48-25-30-19-11-5-12-20-30/h3-22,32-43H,23-27H2,1-2H3/t32-,33-,34-,35-,36-,37+,38+,39-,40?,41+,42+/m1/s1. The molecule has 3 saturated heterocycles. The van der Waals surface area contributed by atoms with E-state index in [2.05, 4.69) is 0 Å². The molecule has 1 unspecified atom stereocenters.